The number of nitrogens with zero attached hydrogens (tertiary/aromatic N) is 1. The summed E-state index contributed by atoms with van der Waals surface area (Å²) in [6.45, 7) is 2.42. The zero-order chi connectivity index (χ0) is 18.4. The first kappa shape index (κ1) is 17.5. The number of rotatable bonds is 6. The van der Waals surface area contributed by atoms with Gasteiger partial charge in [-0.25, -0.2) is 4.98 Å². The highest BCUT2D eigenvalue weighted by Gasteiger charge is 2.09. The van der Waals surface area contributed by atoms with Crippen LogP contribution in [0, 0.1) is 6.92 Å². The van der Waals surface area contributed by atoms with Crippen molar-refractivity contribution in [3.63, 3.8) is 0 Å². The van der Waals surface area contributed by atoms with E-state index in [2.05, 4.69) is 15.6 Å². The molecule has 0 saturated carbocycles. The van der Waals surface area contributed by atoms with Crippen LogP contribution in [0.25, 0.3) is 0 Å². The molecule has 5 heteroatoms. The molecule has 0 saturated heterocycles. The Morgan fingerprint density at radius 1 is 1.04 bits per heavy atom. The molecule has 0 unspecified atom stereocenters. The van der Waals surface area contributed by atoms with Gasteiger partial charge in [-0.2, -0.15) is 0 Å². The van der Waals surface area contributed by atoms with Crippen molar-refractivity contribution < 1.29 is 9.53 Å². The monoisotopic (exact) mass is 347 g/mol. The molecule has 1 amide bonds. The smallest absolute Gasteiger partial charge is 0.270 e. The number of carbonyl (C=O) groups excluding carboxylic acids is 1. The van der Waals surface area contributed by atoms with Gasteiger partial charge in [-0.3, -0.25) is 4.79 Å². The van der Waals surface area contributed by atoms with Crippen LogP contribution in [0.5, 0.6) is 5.75 Å². The number of pyridine rings is 1. The van der Waals surface area contributed by atoms with Gasteiger partial charge in [0.05, 0.1) is 19.0 Å². The second kappa shape index (κ2) is 8.16. The molecule has 0 radical (unpaired) electrons. The lowest BCUT2D eigenvalue weighted by Crippen LogP contribution is -2.24. The maximum atomic E-state index is 12.3. The number of carbonyl (C=O) groups is 1. The highest BCUT2D eigenvalue weighted by Crippen LogP contribution is 2.20. The minimum atomic E-state index is -0.224. The normalized spacial score (nSPS) is 10.2. The van der Waals surface area contributed by atoms with E-state index >= 15 is 0 Å². The maximum Gasteiger partial charge on any atom is 0.270 e. The third-order valence-corrected chi connectivity index (χ3v) is 4.05. The maximum absolute atomic E-state index is 12.3. The van der Waals surface area contributed by atoms with Gasteiger partial charge >= 0.3 is 0 Å². The average molecular weight is 347 g/mol. The summed E-state index contributed by atoms with van der Waals surface area (Å²) in [5.74, 6) is 0.525. The summed E-state index contributed by atoms with van der Waals surface area (Å²) >= 11 is 0. The standard InChI is InChI=1S/C21H21N3O2/c1-15-7-3-5-9-18(15)24-17-11-12-19(22-14-17)21(25)23-13-16-8-4-6-10-20(16)26-2/h3-12,14,24H,13H2,1-2H3,(H,23,25). The Kier molecular flexibility index (Phi) is 5.49. The number of hydrogen-bond donors (Lipinski definition) is 2. The molecule has 1 aromatic heterocycles. The number of methoxy groups -OCH3 is 1. The summed E-state index contributed by atoms with van der Waals surface area (Å²) in [4.78, 5) is 16.6. The Labute approximate surface area is 153 Å². The van der Waals surface area contributed by atoms with Crippen molar-refractivity contribution >= 4 is 17.3 Å². The SMILES string of the molecule is COc1ccccc1CNC(=O)c1ccc(Nc2ccccc2C)cn1. The predicted octanol–water partition coefficient (Wildman–Crippen LogP) is 4.07. The lowest BCUT2D eigenvalue weighted by atomic mass is 10.2. The second-order valence-corrected chi connectivity index (χ2v) is 5.87. The largest absolute Gasteiger partial charge is 0.496 e. The lowest BCUT2D eigenvalue weighted by Gasteiger charge is -2.11. The van der Waals surface area contributed by atoms with Crippen molar-refractivity contribution in [3.8, 4) is 5.75 Å². The van der Waals surface area contributed by atoms with Crippen LogP contribution in [-0.2, 0) is 6.54 Å². The van der Waals surface area contributed by atoms with Crippen LogP contribution in [0.1, 0.15) is 21.6 Å². The molecule has 26 heavy (non-hydrogen) atoms. The molecule has 0 aliphatic carbocycles. The quantitative estimate of drug-likeness (QED) is 0.705. The van der Waals surface area contributed by atoms with E-state index in [0.717, 1.165) is 28.3 Å². The van der Waals surface area contributed by atoms with E-state index in [1.54, 1.807) is 19.4 Å². The fraction of sp³-hybridized carbons (Fsp3) is 0.143. The summed E-state index contributed by atoms with van der Waals surface area (Å²) in [5.41, 5.74) is 4.28. The Morgan fingerprint density at radius 3 is 2.54 bits per heavy atom. The number of anilines is 2. The molecule has 1 heterocycles. The van der Waals surface area contributed by atoms with Gasteiger partial charge in [0.1, 0.15) is 11.4 Å². The number of benzene rings is 2. The van der Waals surface area contributed by atoms with E-state index in [0.29, 0.717) is 12.2 Å². The Morgan fingerprint density at radius 2 is 1.81 bits per heavy atom. The fourth-order valence-electron chi connectivity index (χ4n) is 2.59. The van der Waals surface area contributed by atoms with Crippen LogP contribution >= 0.6 is 0 Å². The molecule has 5 nitrogen and oxygen atoms in total. The van der Waals surface area contributed by atoms with Crippen molar-refractivity contribution in [1.29, 1.82) is 0 Å². The molecule has 0 bridgehead atoms. The Bertz CT molecular complexity index is 892. The van der Waals surface area contributed by atoms with E-state index in [9.17, 15) is 4.79 Å². The molecule has 0 aliphatic rings. The molecule has 132 valence electrons. The van der Waals surface area contributed by atoms with Gasteiger partial charge in [0.15, 0.2) is 0 Å². The van der Waals surface area contributed by atoms with E-state index < -0.39 is 0 Å². The van der Waals surface area contributed by atoms with Crippen molar-refractivity contribution in [2.24, 2.45) is 0 Å². The molecule has 2 N–H and O–H groups in total. The average Bonchev–Trinajstić information content (AvgIpc) is 2.68. The molecule has 3 aromatic rings. The topological polar surface area (TPSA) is 63.2 Å². The first-order valence-electron chi connectivity index (χ1n) is 8.36. The molecular weight excluding hydrogens is 326 g/mol. The summed E-state index contributed by atoms with van der Waals surface area (Å²) < 4.78 is 5.29. The number of para-hydroxylation sites is 2. The number of hydrogen-bond acceptors (Lipinski definition) is 4. The van der Waals surface area contributed by atoms with Gasteiger partial charge in [-0.05, 0) is 36.8 Å². The van der Waals surface area contributed by atoms with Crippen molar-refractivity contribution in [3.05, 3.63) is 83.7 Å². The summed E-state index contributed by atoms with van der Waals surface area (Å²) in [6.07, 6.45) is 1.66. The van der Waals surface area contributed by atoms with E-state index in [4.69, 9.17) is 4.74 Å². The third-order valence-electron chi connectivity index (χ3n) is 4.05. The summed E-state index contributed by atoms with van der Waals surface area (Å²) in [5, 5.41) is 6.17. The molecule has 0 aliphatic heterocycles. The van der Waals surface area contributed by atoms with Crippen LogP contribution in [0.3, 0.4) is 0 Å². The van der Waals surface area contributed by atoms with Crippen LogP contribution in [0.15, 0.2) is 66.9 Å². The second-order valence-electron chi connectivity index (χ2n) is 5.87. The number of amides is 1. The highest BCUT2D eigenvalue weighted by atomic mass is 16.5. The van der Waals surface area contributed by atoms with Gasteiger partial charge < -0.3 is 15.4 Å². The number of ether oxygens (including phenoxy) is 1. The van der Waals surface area contributed by atoms with Crippen LogP contribution < -0.4 is 15.4 Å². The minimum absolute atomic E-state index is 0.224. The van der Waals surface area contributed by atoms with Crippen LogP contribution in [0.2, 0.25) is 0 Å². The first-order valence-corrected chi connectivity index (χ1v) is 8.36. The first-order chi connectivity index (χ1) is 12.7. The van der Waals surface area contributed by atoms with Gasteiger partial charge in [0.25, 0.3) is 5.91 Å². The van der Waals surface area contributed by atoms with Gasteiger partial charge in [-0.15, -0.1) is 0 Å². The predicted molar refractivity (Wildman–Crippen MR) is 103 cm³/mol. The lowest BCUT2D eigenvalue weighted by molar-refractivity contribution is 0.0945. The van der Waals surface area contributed by atoms with Gasteiger partial charge in [0.2, 0.25) is 0 Å². The van der Waals surface area contributed by atoms with Crippen LogP contribution in [-0.4, -0.2) is 18.0 Å². The molecule has 0 atom stereocenters. The molecular formula is C21H21N3O2. The summed E-state index contributed by atoms with van der Waals surface area (Å²) in [6, 6.07) is 19.2. The molecule has 0 spiro atoms. The Balaban J connectivity index is 1.63. The van der Waals surface area contributed by atoms with Crippen molar-refractivity contribution in [2.45, 2.75) is 13.5 Å². The zero-order valence-electron chi connectivity index (χ0n) is 14.8. The van der Waals surface area contributed by atoms with Gasteiger partial charge in [-0.1, -0.05) is 36.4 Å². The number of aryl methyl sites for hydroxylation is 1. The van der Waals surface area contributed by atoms with Gasteiger partial charge in [0, 0.05) is 17.8 Å². The molecule has 0 fully saturated rings. The van der Waals surface area contributed by atoms with E-state index in [1.165, 1.54) is 0 Å². The van der Waals surface area contributed by atoms with Crippen LogP contribution in [0.4, 0.5) is 11.4 Å². The highest BCUT2D eigenvalue weighted by molar-refractivity contribution is 5.92. The zero-order valence-corrected chi connectivity index (χ0v) is 14.8. The van der Waals surface area contributed by atoms with E-state index in [-0.39, 0.29) is 5.91 Å². The Hall–Kier alpha value is -3.34. The number of aromatic nitrogens is 1. The van der Waals surface area contributed by atoms with E-state index in [1.807, 2.05) is 61.5 Å². The number of nitrogens with one attached hydrogen (secondary N) is 2. The third kappa shape index (κ3) is 4.19. The molecule has 2 aromatic carbocycles. The van der Waals surface area contributed by atoms with Crippen molar-refractivity contribution in [1.82, 2.24) is 10.3 Å². The van der Waals surface area contributed by atoms with Crippen molar-refractivity contribution in [2.75, 3.05) is 12.4 Å². The molecule has 3 rings (SSSR count). The minimum Gasteiger partial charge on any atom is -0.496 e. The fourth-order valence-corrected chi connectivity index (χ4v) is 2.59. The summed E-state index contributed by atoms with van der Waals surface area (Å²) in [7, 11) is 1.61.